The molecule has 0 amide bonds. The summed E-state index contributed by atoms with van der Waals surface area (Å²) in [5.41, 5.74) is 4.72. The molecule has 0 aliphatic carbocycles. The van der Waals surface area contributed by atoms with E-state index in [0.717, 1.165) is 12.3 Å². The van der Waals surface area contributed by atoms with Crippen molar-refractivity contribution in [2.24, 2.45) is 11.8 Å². The van der Waals surface area contributed by atoms with Crippen LogP contribution in [-0.4, -0.2) is 0 Å². The minimum Gasteiger partial charge on any atom is -0.126 e. The topological polar surface area (TPSA) is 0 Å². The van der Waals surface area contributed by atoms with Crippen molar-refractivity contribution in [2.45, 2.75) is 47.5 Å². The zero-order chi connectivity index (χ0) is 9.56. The van der Waals surface area contributed by atoms with E-state index in [2.05, 4.69) is 46.4 Å². The predicted molar refractivity (Wildman–Crippen MR) is 56.2 cm³/mol. The summed E-state index contributed by atoms with van der Waals surface area (Å²) in [6.07, 6.45) is 4.48. The van der Waals surface area contributed by atoms with Crippen LogP contribution in [0.2, 0.25) is 0 Å². The van der Waals surface area contributed by atoms with E-state index in [1.807, 2.05) is 0 Å². The summed E-state index contributed by atoms with van der Waals surface area (Å²) >= 11 is 0. The molecular weight excluding hydrogens is 144 g/mol. The fraction of sp³-hybridized carbons (Fsp3) is 0.750. The van der Waals surface area contributed by atoms with E-state index in [0.29, 0.717) is 5.92 Å². The Labute approximate surface area is 77.4 Å². The van der Waals surface area contributed by atoms with Crippen molar-refractivity contribution in [3.63, 3.8) is 0 Å². The maximum Gasteiger partial charge on any atom is -0.0156 e. The third-order valence-corrected chi connectivity index (χ3v) is 2.10. The Morgan fingerprint density at radius 1 is 1.33 bits per heavy atom. The van der Waals surface area contributed by atoms with Gasteiger partial charge in [0.25, 0.3) is 0 Å². The lowest BCUT2D eigenvalue weighted by atomic mass is 9.93. The summed E-state index contributed by atoms with van der Waals surface area (Å²) in [4.78, 5) is 0. The lowest BCUT2D eigenvalue weighted by Crippen LogP contribution is -2.00. The fourth-order valence-corrected chi connectivity index (χ4v) is 1.29. The van der Waals surface area contributed by atoms with Gasteiger partial charge in [-0.25, -0.2) is 0 Å². The molecule has 0 aliphatic heterocycles. The van der Waals surface area contributed by atoms with Gasteiger partial charge in [0.05, 0.1) is 0 Å². The SMILES string of the molecule is CCC=C=C(C)C(C)CC(C)C. The third kappa shape index (κ3) is 5.21. The van der Waals surface area contributed by atoms with Crippen molar-refractivity contribution in [3.8, 4) is 0 Å². The molecule has 0 N–H and O–H groups in total. The van der Waals surface area contributed by atoms with Crippen LogP contribution in [0, 0.1) is 11.8 Å². The molecule has 70 valence electrons. The maximum atomic E-state index is 3.33. The van der Waals surface area contributed by atoms with Crippen LogP contribution < -0.4 is 0 Å². The van der Waals surface area contributed by atoms with Crippen molar-refractivity contribution in [1.82, 2.24) is 0 Å². The molecule has 0 rings (SSSR count). The van der Waals surface area contributed by atoms with Crippen molar-refractivity contribution in [2.75, 3.05) is 0 Å². The Balaban J connectivity index is 4.09. The largest absolute Gasteiger partial charge is 0.126 e. The van der Waals surface area contributed by atoms with E-state index in [1.54, 1.807) is 0 Å². The quantitative estimate of drug-likeness (QED) is 0.550. The molecule has 0 bridgehead atoms. The summed E-state index contributed by atoms with van der Waals surface area (Å²) in [6.45, 7) is 11.2. The zero-order valence-electron chi connectivity index (χ0n) is 9.15. The van der Waals surface area contributed by atoms with Crippen LogP contribution in [0.1, 0.15) is 47.5 Å². The molecule has 0 radical (unpaired) electrons. The van der Waals surface area contributed by atoms with Gasteiger partial charge in [-0.2, -0.15) is 0 Å². The van der Waals surface area contributed by atoms with Crippen LogP contribution in [0.15, 0.2) is 17.4 Å². The first-order valence-corrected chi connectivity index (χ1v) is 4.99. The van der Waals surface area contributed by atoms with Crippen LogP contribution in [0.5, 0.6) is 0 Å². The highest BCUT2D eigenvalue weighted by molar-refractivity contribution is 5.01. The van der Waals surface area contributed by atoms with Gasteiger partial charge in [0, 0.05) is 0 Å². The molecule has 0 heterocycles. The Hall–Kier alpha value is -0.480. The molecular formula is C12H22. The normalized spacial score (nSPS) is 12.5. The lowest BCUT2D eigenvalue weighted by Gasteiger charge is -2.12. The van der Waals surface area contributed by atoms with Gasteiger partial charge in [-0.05, 0) is 43.3 Å². The fourth-order valence-electron chi connectivity index (χ4n) is 1.29. The molecule has 0 aliphatic rings. The van der Waals surface area contributed by atoms with Gasteiger partial charge in [0.2, 0.25) is 0 Å². The summed E-state index contributed by atoms with van der Waals surface area (Å²) in [7, 11) is 0. The van der Waals surface area contributed by atoms with E-state index >= 15 is 0 Å². The molecule has 12 heavy (non-hydrogen) atoms. The smallest absolute Gasteiger partial charge is 0.0156 e. The van der Waals surface area contributed by atoms with E-state index in [-0.39, 0.29) is 0 Å². The summed E-state index contributed by atoms with van der Waals surface area (Å²) < 4.78 is 0. The highest BCUT2D eigenvalue weighted by Crippen LogP contribution is 2.17. The minimum atomic E-state index is 0.688. The van der Waals surface area contributed by atoms with Gasteiger partial charge in [-0.3, -0.25) is 0 Å². The van der Waals surface area contributed by atoms with Crippen LogP contribution in [0.4, 0.5) is 0 Å². The highest BCUT2D eigenvalue weighted by atomic mass is 14.1. The summed E-state index contributed by atoms with van der Waals surface area (Å²) in [6, 6.07) is 0. The predicted octanol–water partition coefficient (Wildman–Crippen LogP) is 4.18. The maximum absolute atomic E-state index is 3.33. The molecule has 0 saturated carbocycles. The molecule has 0 heteroatoms. The first kappa shape index (κ1) is 11.5. The Morgan fingerprint density at radius 3 is 2.33 bits per heavy atom. The second-order valence-electron chi connectivity index (χ2n) is 3.97. The standard InChI is InChI=1S/C12H22/c1-6-7-8-11(4)12(5)9-10(2)3/h7,10,12H,6,9H2,1-5H3. The van der Waals surface area contributed by atoms with E-state index in [1.165, 1.54) is 12.0 Å². The van der Waals surface area contributed by atoms with E-state index in [9.17, 15) is 0 Å². The molecule has 0 spiro atoms. The number of hydrogen-bond donors (Lipinski definition) is 0. The third-order valence-electron chi connectivity index (χ3n) is 2.10. The lowest BCUT2D eigenvalue weighted by molar-refractivity contribution is 0.486. The molecule has 0 nitrogen and oxygen atoms in total. The Kier molecular flexibility index (Phi) is 5.84. The molecule has 1 unspecified atom stereocenters. The van der Waals surface area contributed by atoms with Gasteiger partial charge < -0.3 is 0 Å². The van der Waals surface area contributed by atoms with Gasteiger partial charge in [-0.1, -0.05) is 27.7 Å². The van der Waals surface area contributed by atoms with Crippen molar-refractivity contribution in [1.29, 1.82) is 0 Å². The first-order valence-electron chi connectivity index (χ1n) is 4.99. The van der Waals surface area contributed by atoms with Gasteiger partial charge in [0.15, 0.2) is 0 Å². The molecule has 1 atom stereocenters. The van der Waals surface area contributed by atoms with Crippen LogP contribution >= 0.6 is 0 Å². The van der Waals surface area contributed by atoms with Crippen molar-refractivity contribution in [3.05, 3.63) is 17.4 Å². The molecule has 0 aromatic rings. The van der Waals surface area contributed by atoms with Crippen molar-refractivity contribution >= 4 is 0 Å². The van der Waals surface area contributed by atoms with Gasteiger partial charge in [0.1, 0.15) is 0 Å². The highest BCUT2D eigenvalue weighted by Gasteiger charge is 2.05. The Bertz CT molecular complexity index is 168. The van der Waals surface area contributed by atoms with E-state index < -0.39 is 0 Å². The Morgan fingerprint density at radius 2 is 1.92 bits per heavy atom. The molecule has 0 fully saturated rings. The average molecular weight is 166 g/mol. The summed E-state index contributed by atoms with van der Waals surface area (Å²) in [5.74, 6) is 1.48. The average Bonchev–Trinajstić information content (AvgIpc) is 1.98. The van der Waals surface area contributed by atoms with Crippen LogP contribution in [-0.2, 0) is 0 Å². The minimum absolute atomic E-state index is 0.688. The second kappa shape index (κ2) is 6.08. The zero-order valence-corrected chi connectivity index (χ0v) is 9.15. The first-order chi connectivity index (χ1) is 5.57. The number of rotatable bonds is 4. The van der Waals surface area contributed by atoms with Gasteiger partial charge in [-0.15, -0.1) is 5.73 Å². The number of allylic oxidation sites excluding steroid dienone is 1. The number of hydrogen-bond acceptors (Lipinski definition) is 0. The summed E-state index contributed by atoms with van der Waals surface area (Å²) in [5, 5.41) is 0. The molecule has 0 aromatic carbocycles. The van der Waals surface area contributed by atoms with Gasteiger partial charge >= 0.3 is 0 Å². The van der Waals surface area contributed by atoms with Crippen LogP contribution in [0.3, 0.4) is 0 Å². The monoisotopic (exact) mass is 166 g/mol. The second-order valence-corrected chi connectivity index (χ2v) is 3.97. The molecule has 0 aromatic heterocycles. The van der Waals surface area contributed by atoms with E-state index in [4.69, 9.17) is 0 Å². The van der Waals surface area contributed by atoms with Crippen LogP contribution in [0.25, 0.3) is 0 Å². The van der Waals surface area contributed by atoms with Crippen molar-refractivity contribution < 1.29 is 0 Å². The molecule has 0 saturated heterocycles.